The number of methoxy groups -OCH3 is 1. The van der Waals surface area contributed by atoms with Gasteiger partial charge >= 0.3 is 6.18 Å². The Balaban J connectivity index is 2.12. The second kappa shape index (κ2) is 7.09. The van der Waals surface area contributed by atoms with Gasteiger partial charge in [0.05, 0.1) is 7.11 Å². The number of halogens is 3. The Hall–Kier alpha value is -1.34. The summed E-state index contributed by atoms with van der Waals surface area (Å²) in [5.74, 6) is 0.466. The van der Waals surface area contributed by atoms with Crippen LogP contribution in [0.15, 0.2) is 18.3 Å². The highest BCUT2D eigenvalue weighted by molar-refractivity contribution is 5.21. The summed E-state index contributed by atoms with van der Waals surface area (Å²) in [6.07, 6.45) is -3.25. The van der Waals surface area contributed by atoms with E-state index >= 15 is 0 Å². The normalized spacial score (nSPS) is 18.5. The molecule has 1 aromatic rings. The van der Waals surface area contributed by atoms with E-state index in [1.54, 1.807) is 18.3 Å². The number of aromatic nitrogens is 1. The predicted molar refractivity (Wildman–Crippen MR) is 73.3 cm³/mol. The molecule has 2 rings (SSSR count). The summed E-state index contributed by atoms with van der Waals surface area (Å²) >= 11 is 0. The highest BCUT2D eigenvalue weighted by Gasteiger charge is 2.31. The Morgan fingerprint density at radius 2 is 2.05 bits per heavy atom. The summed E-state index contributed by atoms with van der Waals surface area (Å²) in [4.78, 5) is 6.20. The maximum atomic E-state index is 12.6. The molecule has 7 heteroatoms. The lowest BCUT2D eigenvalue weighted by Gasteiger charge is -2.35. The van der Waals surface area contributed by atoms with Gasteiger partial charge in [0.2, 0.25) is 5.88 Å². The van der Waals surface area contributed by atoms with Crippen molar-refractivity contribution in [2.75, 3.05) is 33.3 Å². The third-order valence-electron chi connectivity index (χ3n) is 3.65. The smallest absolute Gasteiger partial charge is 0.389 e. The average molecular weight is 303 g/mol. The topological polar surface area (TPSA) is 37.4 Å². The number of piperazine rings is 1. The molecule has 0 spiro atoms. The fourth-order valence-corrected chi connectivity index (χ4v) is 2.56. The molecule has 118 valence electrons. The minimum absolute atomic E-state index is 0.0531. The zero-order chi connectivity index (χ0) is 15.3. The number of pyridine rings is 1. The van der Waals surface area contributed by atoms with Gasteiger partial charge in [0.1, 0.15) is 0 Å². The van der Waals surface area contributed by atoms with Crippen LogP contribution < -0.4 is 10.1 Å². The third-order valence-corrected chi connectivity index (χ3v) is 3.65. The zero-order valence-electron chi connectivity index (χ0n) is 12.0. The highest BCUT2D eigenvalue weighted by atomic mass is 19.4. The van der Waals surface area contributed by atoms with Crippen LogP contribution in [-0.4, -0.2) is 49.3 Å². The molecule has 2 heterocycles. The van der Waals surface area contributed by atoms with Crippen molar-refractivity contribution < 1.29 is 17.9 Å². The molecule has 1 saturated heterocycles. The van der Waals surface area contributed by atoms with Crippen molar-refractivity contribution in [3.8, 4) is 5.88 Å². The van der Waals surface area contributed by atoms with E-state index in [2.05, 4.69) is 15.2 Å². The van der Waals surface area contributed by atoms with Gasteiger partial charge in [-0.15, -0.1) is 0 Å². The Kier molecular flexibility index (Phi) is 5.41. The first-order chi connectivity index (χ1) is 9.99. The van der Waals surface area contributed by atoms with Gasteiger partial charge in [-0.25, -0.2) is 4.98 Å². The van der Waals surface area contributed by atoms with Crippen molar-refractivity contribution in [2.24, 2.45) is 0 Å². The molecular formula is C14H20F3N3O. The number of alkyl halides is 3. The molecule has 0 saturated carbocycles. The van der Waals surface area contributed by atoms with Crippen LogP contribution in [0.2, 0.25) is 0 Å². The molecule has 1 aliphatic rings. The molecule has 1 N–H and O–H groups in total. The van der Waals surface area contributed by atoms with Gasteiger partial charge in [-0.1, -0.05) is 6.07 Å². The standard InChI is InChI=1S/C14H20F3N3O/c1-21-13-3-2-11(10-19-13)12(4-5-14(15,16)17)20-8-6-18-7-9-20/h2-3,10,12,18H,4-9H2,1H3/t12-/m0/s1. The summed E-state index contributed by atoms with van der Waals surface area (Å²) in [6, 6.07) is 3.24. The molecular weight excluding hydrogens is 283 g/mol. The lowest BCUT2D eigenvalue weighted by molar-refractivity contribution is -0.138. The van der Waals surface area contributed by atoms with Gasteiger partial charge in [-0.3, -0.25) is 4.90 Å². The molecule has 0 unspecified atom stereocenters. The van der Waals surface area contributed by atoms with E-state index in [0.29, 0.717) is 5.88 Å². The SMILES string of the molecule is COc1ccc([C@H](CCC(F)(F)F)N2CCNCC2)cn1. The number of rotatable bonds is 5. The number of hydrogen-bond acceptors (Lipinski definition) is 4. The van der Waals surface area contributed by atoms with Crippen LogP contribution in [-0.2, 0) is 0 Å². The van der Waals surface area contributed by atoms with Crippen molar-refractivity contribution in [1.82, 2.24) is 15.2 Å². The van der Waals surface area contributed by atoms with Gasteiger partial charge in [-0.2, -0.15) is 13.2 Å². The number of hydrogen-bond donors (Lipinski definition) is 1. The van der Waals surface area contributed by atoms with Crippen LogP contribution in [0.25, 0.3) is 0 Å². The Morgan fingerprint density at radius 1 is 1.33 bits per heavy atom. The molecule has 0 aliphatic carbocycles. The lowest BCUT2D eigenvalue weighted by Crippen LogP contribution is -2.45. The van der Waals surface area contributed by atoms with Crippen LogP contribution in [0.5, 0.6) is 5.88 Å². The summed E-state index contributed by atoms with van der Waals surface area (Å²) in [5, 5.41) is 3.21. The summed E-state index contributed by atoms with van der Waals surface area (Å²) in [5.41, 5.74) is 0.807. The molecule has 0 bridgehead atoms. The van der Waals surface area contributed by atoms with Gasteiger partial charge in [0, 0.05) is 50.9 Å². The van der Waals surface area contributed by atoms with Crippen molar-refractivity contribution in [1.29, 1.82) is 0 Å². The Morgan fingerprint density at radius 3 is 2.57 bits per heavy atom. The van der Waals surface area contributed by atoms with Crippen molar-refractivity contribution in [3.63, 3.8) is 0 Å². The van der Waals surface area contributed by atoms with Crippen LogP contribution in [0.3, 0.4) is 0 Å². The van der Waals surface area contributed by atoms with Gasteiger partial charge < -0.3 is 10.1 Å². The maximum Gasteiger partial charge on any atom is 0.389 e. The highest BCUT2D eigenvalue weighted by Crippen LogP contribution is 2.31. The van der Waals surface area contributed by atoms with E-state index in [0.717, 1.165) is 31.7 Å². The number of nitrogens with zero attached hydrogens (tertiary/aromatic N) is 2. The van der Waals surface area contributed by atoms with E-state index in [1.165, 1.54) is 7.11 Å². The van der Waals surface area contributed by atoms with Gasteiger partial charge in [0.15, 0.2) is 0 Å². The summed E-state index contributed by atoms with van der Waals surface area (Å²) < 4.78 is 42.6. The van der Waals surface area contributed by atoms with Crippen molar-refractivity contribution in [3.05, 3.63) is 23.9 Å². The third kappa shape index (κ3) is 4.86. The van der Waals surface area contributed by atoms with Crippen LogP contribution in [0, 0.1) is 0 Å². The first kappa shape index (κ1) is 16.0. The molecule has 0 aromatic carbocycles. The second-order valence-electron chi connectivity index (χ2n) is 5.09. The first-order valence-electron chi connectivity index (χ1n) is 7.01. The minimum Gasteiger partial charge on any atom is -0.481 e. The first-order valence-corrected chi connectivity index (χ1v) is 7.01. The van der Waals surface area contributed by atoms with E-state index in [9.17, 15) is 13.2 Å². The molecule has 0 amide bonds. The molecule has 1 atom stereocenters. The van der Waals surface area contributed by atoms with E-state index < -0.39 is 12.6 Å². The van der Waals surface area contributed by atoms with Crippen LogP contribution >= 0.6 is 0 Å². The molecule has 1 aliphatic heterocycles. The number of ether oxygens (including phenoxy) is 1. The van der Waals surface area contributed by atoms with E-state index in [4.69, 9.17) is 4.74 Å². The molecule has 21 heavy (non-hydrogen) atoms. The minimum atomic E-state index is -4.13. The molecule has 0 radical (unpaired) electrons. The summed E-state index contributed by atoms with van der Waals surface area (Å²) in [6.45, 7) is 3.08. The van der Waals surface area contributed by atoms with Gasteiger partial charge in [-0.05, 0) is 12.0 Å². The van der Waals surface area contributed by atoms with Crippen LogP contribution in [0.4, 0.5) is 13.2 Å². The molecule has 1 aromatic heterocycles. The fourth-order valence-electron chi connectivity index (χ4n) is 2.56. The molecule has 1 fully saturated rings. The average Bonchev–Trinajstić information content (AvgIpc) is 2.48. The van der Waals surface area contributed by atoms with Crippen molar-refractivity contribution in [2.45, 2.75) is 25.1 Å². The molecule has 4 nitrogen and oxygen atoms in total. The monoisotopic (exact) mass is 303 g/mol. The maximum absolute atomic E-state index is 12.6. The number of nitrogens with one attached hydrogen (secondary N) is 1. The summed E-state index contributed by atoms with van der Waals surface area (Å²) in [7, 11) is 1.51. The zero-order valence-corrected chi connectivity index (χ0v) is 12.0. The quantitative estimate of drug-likeness (QED) is 0.906. The predicted octanol–water partition coefficient (Wildman–Crippen LogP) is 2.38. The largest absolute Gasteiger partial charge is 0.481 e. The fraction of sp³-hybridized carbons (Fsp3) is 0.643. The lowest BCUT2D eigenvalue weighted by atomic mass is 10.0. The van der Waals surface area contributed by atoms with Gasteiger partial charge in [0.25, 0.3) is 0 Å². The van der Waals surface area contributed by atoms with Crippen LogP contribution in [0.1, 0.15) is 24.4 Å². The Bertz CT molecular complexity index is 430. The van der Waals surface area contributed by atoms with E-state index in [1.807, 2.05) is 0 Å². The van der Waals surface area contributed by atoms with E-state index in [-0.39, 0.29) is 12.5 Å². The second-order valence-corrected chi connectivity index (χ2v) is 5.09. The van der Waals surface area contributed by atoms with Crippen molar-refractivity contribution >= 4 is 0 Å². The Labute approximate surface area is 122 Å².